The summed E-state index contributed by atoms with van der Waals surface area (Å²) < 4.78 is 7.07. The van der Waals surface area contributed by atoms with E-state index in [1.807, 2.05) is 48.7 Å². The van der Waals surface area contributed by atoms with Gasteiger partial charge in [0.05, 0.1) is 12.2 Å². The van der Waals surface area contributed by atoms with E-state index in [1.165, 1.54) is 0 Å². The van der Waals surface area contributed by atoms with Gasteiger partial charge in [-0.3, -0.25) is 4.79 Å². The fraction of sp³-hybridized carbons (Fsp3) is 0.455. The largest absolute Gasteiger partial charge is 0.462 e. The summed E-state index contributed by atoms with van der Waals surface area (Å²) in [4.78, 5) is 24.8. The normalized spacial score (nSPS) is 10.9. The Morgan fingerprint density at radius 3 is 2.41 bits per heavy atom. The van der Waals surface area contributed by atoms with Crippen molar-refractivity contribution in [3.63, 3.8) is 0 Å². The minimum atomic E-state index is -0.359. The zero-order chi connectivity index (χ0) is 20.0. The molecule has 1 heterocycles. The number of carbonyl (C=O) groups is 2. The van der Waals surface area contributed by atoms with Gasteiger partial charge in [-0.05, 0) is 44.7 Å². The second kappa shape index (κ2) is 9.40. The minimum absolute atomic E-state index is 0.0573. The quantitative estimate of drug-likeness (QED) is 0.711. The number of rotatable bonds is 8. The third-order valence-corrected chi connectivity index (χ3v) is 4.55. The van der Waals surface area contributed by atoms with Crippen LogP contribution in [-0.4, -0.2) is 29.6 Å². The van der Waals surface area contributed by atoms with E-state index in [1.54, 1.807) is 6.92 Å². The number of aryl methyl sites for hydroxylation is 1. The number of nitrogens with zero attached hydrogens (tertiary/aromatic N) is 1. The molecule has 1 N–H and O–H groups in total. The van der Waals surface area contributed by atoms with Gasteiger partial charge < -0.3 is 14.6 Å². The number of hydrogen-bond donors (Lipinski definition) is 1. The molecule has 1 amide bonds. The van der Waals surface area contributed by atoms with Crippen molar-refractivity contribution in [3.05, 3.63) is 47.2 Å². The summed E-state index contributed by atoms with van der Waals surface area (Å²) in [6, 6.07) is 9.88. The molecule has 27 heavy (non-hydrogen) atoms. The van der Waals surface area contributed by atoms with Crippen molar-refractivity contribution in [2.45, 2.75) is 47.6 Å². The van der Waals surface area contributed by atoms with Gasteiger partial charge in [0.25, 0.3) is 0 Å². The second-order valence-corrected chi connectivity index (χ2v) is 7.23. The lowest BCUT2D eigenvalue weighted by Gasteiger charge is -2.13. The van der Waals surface area contributed by atoms with Gasteiger partial charge in [-0.1, -0.05) is 43.7 Å². The van der Waals surface area contributed by atoms with Crippen molar-refractivity contribution in [2.75, 3.05) is 13.2 Å². The third kappa shape index (κ3) is 5.46. The van der Waals surface area contributed by atoms with Crippen LogP contribution in [0.2, 0.25) is 0 Å². The lowest BCUT2D eigenvalue weighted by atomic mass is 10.1. The molecule has 5 nitrogen and oxygen atoms in total. The molecule has 0 unspecified atom stereocenters. The lowest BCUT2D eigenvalue weighted by molar-refractivity contribution is -0.121. The molecule has 146 valence electrons. The van der Waals surface area contributed by atoms with Crippen LogP contribution in [0.25, 0.3) is 11.3 Å². The van der Waals surface area contributed by atoms with Crippen molar-refractivity contribution < 1.29 is 14.3 Å². The molecule has 1 aromatic carbocycles. The van der Waals surface area contributed by atoms with Crippen LogP contribution in [0.15, 0.2) is 30.3 Å². The van der Waals surface area contributed by atoms with Gasteiger partial charge in [0.15, 0.2) is 0 Å². The Morgan fingerprint density at radius 1 is 1.15 bits per heavy atom. The highest BCUT2D eigenvalue weighted by Gasteiger charge is 2.20. The van der Waals surface area contributed by atoms with E-state index < -0.39 is 0 Å². The molecule has 0 radical (unpaired) electrons. The molecular formula is C22H30N2O3. The monoisotopic (exact) mass is 370 g/mol. The van der Waals surface area contributed by atoms with Crippen molar-refractivity contribution in [1.29, 1.82) is 0 Å². The molecule has 0 aliphatic carbocycles. The van der Waals surface area contributed by atoms with E-state index >= 15 is 0 Å². The Hall–Kier alpha value is -2.56. The highest BCUT2D eigenvalue weighted by molar-refractivity contribution is 5.93. The molecule has 0 fully saturated rings. The number of aromatic nitrogens is 1. The van der Waals surface area contributed by atoms with Crippen LogP contribution in [-0.2, 0) is 16.1 Å². The summed E-state index contributed by atoms with van der Waals surface area (Å²) in [5.74, 6) is 0.123. The molecule has 2 rings (SSSR count). The summed E-state index contributed by atoms with van der Waals surface area (Å²) in [5, 5.41) is 2.97. The first-order valence-electron chi connectivity index (χ1n) is 9.54. The molecule has 0 aliphatic rings. The molecular weight excluding hydrogens is 340 g/mol. The smallest absolute Gasteiger partial charge is 0.339 e. The van der Waals surface area contributed by atoms with Gasteiger partial charge in [-0.25, -0.2) is 4.79 Å². The number of benzene rings is 1. The number of esters is 1. The summed E-state index contributed by atoms with van der Waals surface area (Å²) in [6.07, 6.45) is 0.940. The van der Waals surface area contributed by atoms with Crippen LogP contribution in [0, 0.1) is 19.8 Å². The first kappa shape index (κ1) is 20.7. The maximum absolute atomic E-state index is 12.4. The number of nitrogens with one attached hydrogen (secondary N) is 1. The van der Waals surface area contributed by atoms with Gasteiger partial charge in [-0.2, -0.15) is 0 Å². The fourth-order valence-corrected chi connectivity index (χ4v) is 2.93. The molecule has 0 saturated heterocycles. The maximum Gasteiger partial charge on any atom is 0.339 e. The SMILES string of the molecule is CCOC(=O)c1cc(-c2ccc(C)cc2)n(CC(=O)NCCC(C)C)c1C. The first-order chi connectivity index (χ1) is 12.8. The Morgan fingerprint density at radius 2 is 1.81 bits per heavy atom. The van der Waals surface area contributed by atoms with E-state index in [4.69, 9.17) is 4.74 Å². The predicted molar refractivity (Wildman–Crippen MR) is 108 cm³/mol. The average Bonchev–Trinajstić information content (AvgIpc) is 2.92. The van der Waals surface area contributed by atoms with Gasteiger partial charge in [0.1, 0.15) is 6.54 Å². The van der Waals surface area contributed by atoms with E-state index in [2.05, 4.69) is 19.2 Å². The van der Waals surface area contributed by atoms with Gasteiger partial charge >= 0.3 is 5.97 Å². The molecule has 0 aliphatic heterocycles. The Kier molecular flexibility index (Phi) is 7.22. The minimum Gasteiger partial charge on any atom is -0.462 e. The lowest BCUT2D eigenvalue weighted by Crippen LogP contribution is -2.29. The summed E-state index contributed by atoms with van der Waals surface area (Å²) in [6.45, 7) is 11.1. The Balaban J connectivity index is 2.33. The molecule has 0 spiro atoms. The highest BCUT2D eigenvalue weighted by atomic mass is 16.5. The van der Waals surface area contributed by atoms with E-state index in [9.17, 15) is 9.59 Å². The fourth-order valence-electron chi connectivity index (χ4n) is 2.93. The van der Waals surface area contributed by atoms with Crippen LogP contribution >= 0.6 is 0 Å². The molecule has 0 saturated carbocycles. The van der Waals surface area contributed by atoms with E-state index in [0.29, 0.717) is 24.6 Å². The van der Waals surface area contributed by atoms with Crippen LogP contribution in [0.4, 0.5) is 0 Å². The van der Waals surface area contributed by atoms with E-state index in [-0.39, 0.29) is 18.4 Å². The Labute approximate surface area is 161 Å². The zero-order valence-electron chi connectivity index (χ0n) is 17.0. The zero-order valence-corrected chi connectivity index (χ0v) is 17.0. The number of ether oxygens (including phenoxy) is 1. The van der Waals surface area contributed by atoms with Crippen molar-refractivity contribution in [1.82, 2.24) is 9.88 Å². The summed E-state index contributed by atoms with van der Waals surface area (Å²) in [7, 11) is 0. The topological polar surface area (TPSA) is 60.3 Å². The number of carbonyl (C=O) groups excluding carboxylic acids is 2. The van der Waals surface area contributed by atoms with Gasteiger partial charge in [-0.15, -0.1) is 0 Å². The van der Waals surface area contributed by atoms with Crippen LogP contribution in [0.3, 0.4) is 0 Å². The Bertz CT molecular complexity index is 789. The van der Waals surface area contributed by atoms with Crippen molar-refractivity contribution in [2.24, 2.45) is 5.92 Å². The predicted octanol–water partition coefficient (Wildman–Crippen LogP) is 4.11. The molecule has 1 aromatic heterocycles. The first-order valence-corrected chi connectivity index (χ1v) is 9.54. The molecule has 2 aromatic rings. The van der Waals surface area contributed by atoms with Crippen molar-refractivity contribution >= 4 is 11.9 Å². The number of hydrogen-bond acceptors (Lipinski definition) is 3. The third-order valence-electron chi connectivity index (χ3n) is 4.55. The van der Waals surface area contributed by atoms with Gasteiger partial charge in [0.2, 0.25) is 5.91 Å². The van der Waals surface area contributed by atoms with Crippen LogP contribution in [0.1, 0.15) is 48.8 Å². The molecule has 0 atom stereocenters. The highest BCUT2D eigenvalue weighted by Crippen LogP contribution is 2.27. The van der Waals surface area contributed by atoms with E-state index in [0.717, 1.165) is 28.9 Å². The molecule has 0 bridgehead atoms. The maximum atomic E-state index is 12.4. The second-order valence-electron chi connectivity index (χ2n) is 7.23. The average molecular weight is 370 g/mol. The van der Waals surface area contributed by atoms with Crippen LogP contribution < -0.4 is 5.32 Å². The standard InChI is InChI=1S/C22H30N2O3/c1-6-27-22(26)19-13-20(18-9-7-16(4)8-10-18)24(17(19)5)14-21(25)23-12-11-15(2)3/h7-10,13,15H,6,11-12,14H2,1-5H3,(H,23,25). The summed E-state index contributed by atoms with van der Waals surface area (Å²) in [5.41, 5.74) is 4.21. The van der Waals surface area contributed by atoms with Crippen LogP contribution in [0.5, 0.6) is 0 Å². The number of amides is 1. The van der Waals surface area contributed by atoms with Crippen molar-refractivity contribution in [3.8, 4) is 11.3 Å². The summed E-state index contributed by atoms with van der Waals surface area (Å²) >= 11 is 0. The van der Waals surface area contributed by atoms with Gasteiger partial charge in [0, 0.05) is 17.9 Å². The molecule has 5 heteroatoms.